The van der Waals surface area contributed by atoms with Gasteiger partial charge in [-0.05, 0) is 55.0 Å². The molecular weight excluding hydrogens is 338 g/mol. The minimum Gasteiger partial charge on any atom is -0.494 e. The maximum Gasteiger partial charge on any atom is 0.121 e. The third kappa shape index (κ3) is 6.79. The lowest BCUT2D eigenvalue weighted by atomic mass is 10.1. The van der Waals surface area contributed by atoms with E-state index in [2.05, 4.69) is 43.4 Å². The van der Waals surface area contributed by atoms with Gasteiger partial charge in [0, 0.05) is 24.9 Å². The number of anilines is 1. The van der Waals surface area contributed by atoms with Crippen molar-refractivity contribution in [3.05, 3.63) is 54.1 Å². The van der Waals surface area contributed by atoms with Gasteiger partial charge in [0.15, 0.2) is 0 Å². The van der Waals surface area contributed by atoms with E-state index in [9.17, 15) is 0 Å². The first-order valence-corrected chi connectivity index (χ1v) is 9.99. The highest BCUT2D eigenvalue weighted by Crippen LogP contribution is 2.20. The van der Waals surface area contributed by atoms with Crippen LogP contribution in [-0.2, 0) is 11.3 Å². The summed E-state index contributed by atoms with van der Waals surface area (Å²) in [6, 6.07) is 16.4. The Bertz CT molecular complexity index is 678. The number of nitrogens with one attached hydrogen (secondary N) is 1. The highest BCUT2D eigenvalue weighted by atomic mass is 16.5. The van der Waals surface area contributed by atoms with Gasteiger partial charge in [-0.15, -0.1) is 0 Å². The molecule has 0 bridgehead atoms. The molecule has 4 heteroatoms. The van der Waals surface area contributed by atoms with Crippen LogP contribution in [-0.4, -0.2) is 25.9 Å². The summed E-state index contributed by atoms with van der Waals surface area (Å²) in [7, 11) is 0. The molecule has 2 aromatic rings. The third-order valence-electron chi connectivity index (χ3n) is 4.68. The van der Waals surface area contributed by atoms with E-state index in [1.54, 1.807) is 0 Å². The molecule has 146 valence electrons. The molecule has 0 radical (unpaired) electrons. The van der Waals surface area contributed by atoms with Crippen LogP contribution in [0.1, 0.15) is 38.7 Å². The largest absolute Gasteiger partial charge is 0.494 e. The Morgan fingerprint density at radius 3 is 2.67 bits per heavy atom. The normalized spacial score (nSPS) is 16.5. The molecule has 0 aliphatic carbocycles. The van der Waals surface area contributed by atoms with E-state index < -0.39 is 0 Å². The van der Waals surface area contributed by atoms with Gasteiger partial charge in [-0.2, -0.15) is 0 Å². The molecule has 27 heavy (non-hydrogen) atoms. The summed E-state index contributed by atoms with van der Waals surface area (Å²) in [5, 5.41) is 3.46. The Morgan fingerprint density at radius 1 is 1.07 bits per heavy atom. The molecule has 0 saturated carbocycles. The Kier molecular flexibility index (Phi) is 7.40. The van der Waals surface area contributed by atoms with E-state index in [1.807, 2.05) is 24.3 Å². The van der Waals surface area contributed by atoms with Crippen LogP contribution in [0.5, 0.6) is 11.5 Å². The highest BCUT2D eigenvalue weighted by molar-refractivity contribution is 5.48. The molecular formula is C23H31NO3. The van der Waals surface area contributed by atoms with Crippen LogP contribution in [0.2, 0.25) is 0 Å². The zero-order valence-corrected chi connectivity index (χ0v) is 16.4. The molecule has 3 rings (SSSR count). The zero-order chi connectivity index (χ0) is 18.9. The van der Waals surface area contributed by atoms with E-state index in [4.69, 9.17) is 14.2 Å². The van der Waals surface area contributed by atoms with Crippen LogP contribution in [0, 0.1) is 5.92 Å². The second-order valence-electron chi connectivity index (χ2n) is 7.50. The second kappa shape index (κ2) is 10.2. The van der Waals surface area contributed by atoms with Gasteiger partial charge >= 0.3 is 0 Å². The summed E-state index contributed by atoms with van der Waals surface area (Å²) < 4.78 is 17.2. The standard InChI is InChI=1S/C23H31NO3/c1-18(2)12-14-26-22-6-3-5-20(15-22)24-16-19-8-10-21(11-9-19)27-17-23-7-4-13-25-23/h3,5-6,8-11,15,18,23-24H,4,7,12-14,16-17H2,1-2H3. The minimum atomic E-state index is 0.251. The van der Waals surface area contributed by atoms with Gasteiger partial charge in [0.1, 0.15) is 18.1 Å². The Balaban J connectivity index is 1.43. The van der Waals surface area contributed by atoms with Gasteiger partial charge in [-0.25, -0.2) is 0 Å². The van der Waals surface area contributed by atoms with Crippen molar-refractivity contribution < 1.29 is 14.2 Å². The molecule has 1 saturated heterocycles. The zero-order valence-electron chi connectivity index (χ0n) is 16.4. The smallest absolute Gasteiger partial charge is 0.121 e. The van der Waals surface area contributed by atoms with Crippen molar-refractivity contribution in [1.29, 1.82) is 0 Å². The Morgan fingerprint density at radius 2 is 1.93 bits per heavy atom. The average Bonchev–Trinajstić information content (AvgIpc) is 3.19. The summed E-state index contributed by atoms with van der Waals surface area (Å²) in [6.07, 6.45) is 3.56. The molecule has 4 nitrogen and oxygen atoms in total. The van der Waals surface area contributed by atoms with E-state index in [0.29, 0.717) is 12.5 Å². The lowest BCUT2D eigenvalue weighted by molar-refractivity contribution is 0.0679. The predicted molar refractivity (Wildman–Crippen MR) is 110 cm³/mol. The molecule has 1 aliphatic heterocycles. The highest BCUT2D eigenvalue weighted by Gasteiger charge is 2.15. The van der Waals surface area contributed by atoms with Crippen LogP contribution in [0.25, 0.3) is 0 Å². The monoisotopic (exact) mass is 369 g/mol. The molecule has 2 aromatic carbocycles. The molecule has 1 N–H and O–H groups in total. The van der Waals surface area contributed by atoms with Crippen molar-refractivity contribution in [2.24, 2.45) is 5.92 Å². The molecule has 1 heterocycles. The minimum absolute atomic E-state index is 0.251. The fraction of sp³-hybridized carbons (Fsp3) is 0.478. The van der Waals surface area contributed by atoms with Gasteiger partial charge < -0.3 is 19.5 Å². The summed E-state index contributed by atoms with van der Waals surface area (Å²) in [5.41, 5.74) is 2.28. The van der Waals surface area contributed by atoms with Crippen LogP contribution < -0.4 is 14.8 Å². The lowest BCUT2D eigenvalue weighted by Crippen LogP contribution is -2.16. The van der Waals surface area contributed by atoms with E-state index in [0.717, 1.165) is 56.2 Å². The molecule has 1 atom stereocenters. The van der Waals surface area contributed by atoms with E-state index in [-0.39, 0.29) is 6.10 Å². The first-order chi connectivity index (χ1) is 13.2. The van der Waals surface area contributed by atoms with Gasteiger partial charge in [0.2, 0.25) is 0 Å². The van der Waals surface area contributed by atoms with Crippen molar-refractivity contribution in [1.82, 2.24) is 0 Å². The fourth-order valence-corrected chi connectivity index (χ4v) is 2.98. The fourth-order valence-electron chi connectivity index (χ4n) is 2.98. The molecule has 0 spiro atoms. The summed E-state index contributed by atoms with van der Waals surface area (Å²) in [5.74, 6) is 2.47. The number of hydrogen-bond acceptors (Lipinski definition) is 4. The summed E-state index contributed by atoms with van der Waals surface area (Å²) >= 11 is 0. The number of benzene rings is 2. The number of ether oxygens (including phenoxy) is 3. The van der Waals surface area contributed by atoms with Crippen molar-refractivity contribution in [2.75, 3.05) is 25.1 Å². The molecule has 0 amide bonds. The van der Waals surface area contributed by atoms with Gasteiger partial charge in [0.05, 0.1) is 12.7 Å². The Labute approximate surface area is 162 Å². The number of rotatable bonds is 10. The average molecular weight is 370 g/mol. The SMILES string of the molecule is CC(C)CCOc1cccc(NCc2ccc(OCC3CCCO3)cc2)c1. The topological polar surface area (TPSA) is 39.7 Å². The van der Waals surface area contributed by atoms with Gasteiger partial charge in [-0.3, -0.25) is 0 Å². The quantitative estimate of drug-likeness (QED) is 0.618. The van der Waals surface area contributed by atoms with Crippen LogP contribution in [0.4, 0.5) is 5.69 Å². The predicted octanol–water partition coefficient (Wildman–Crippen LogP) is 5.28. The molecule has 1 fully saturated rings. The summed E-state index contributed by atoms with van der Waals surface area (Å²) in [6.45, 7) is 7.44. The van der Waals surface area contributed by atoms with Crippen molar-refractivity contribution in [3.63, 3.8) is 0 Å². The van der Waals surface area contributed by atoms with Gasteiger partial charge in [-0.1, -0.05) is 32.0 Å². The van der Waals surface area contributed by atoms with E-state index in [1.165, 1.54) is 5.56 Å². The van der Waals surface area contributed by atoms with Crippen LogP contribution in [0.3, 0.4) is 0 Å². The first kappa shape index (κ1) is 19.6. The molecule has 1 aliphatic rings. The molecule has 0 aromatic heterocycles. The van der Waals surface area contributed by atoms with Crippen molar-refractivity contribution in [3.8, 4) is 11.5 Å². The van der Waals surface area contributed by atoms with Crippen molar-refractivity contribution in [2.45, 2.75) is 45.8 Å². The lowest BCUT2D eigenvalue weighted by Gasteiger charge is -2.13. The van der Waals surface area contributed by atoms with Crippen molar-refractivity contribution >= 4 is 5.69 Å². The van der Waals surface area contributed by atoms with Gasteiger partial charge in [0.25, 0.3) is 0 Å². The van der Waals surface area contributed by atoms with Crippen LogP contribution >= 0.6 is 0 Å². The van der Waals surface area contributed by atoms with E-state index >= 15 is 0 Å². The maximum atomic E-state index is 5.83. The second-order valence-corrected chi connectivity index (χ2v) is 7.50. The summed E-state index contributed by atoms with van der Waals surface area (Å²) in [4.78, 5) is 0. The Hall–Kier alpha value is -2.20. The first-order valence-electron chi connectivity index (χ1n) is 9.99. The maximum absolute atomic E-state index is 5.83. The van der Waals surface area contributed by atoms with Crippen LogP contribution in [0.15, 0.2) is 48.5 Å². The molecule has 1 unspecified atom stereocenters. The number of hydrogen-bond donors (Lipinski definition) is 1. The third-order valence-corrected chi connectivity index (χ3v) is 4.68.